The normalized spacial score (nSPS) is 23.7. The van der Waals surface area contributed by atoms with E-state index >= 15 is 0 Å². The molecule has 0 amide bonds. The smallest absolute Gasteiger partial charge is 0.159 e. The lowest BCUT2D eigenvalue weighted by molar-refractivity contribution is -0.114. The predicted molar refractivity (Wildman–Crippen MR) is 40.5 cm³/mol. The molecule has 0 bridgehead atoms. The summed E-state index contributed by atoms with van der Waals surface area (Å²) in [6, 6.07) is 0. The van der Waals surface area contributed by atoms with Crippen LogP contribution in [0.2, 0.25) is 0 Å². The molecule has 0 aliphatic heterocycles. The maximum Gasteiger partial charge on any atom is 0.159 e. The van der Waals surface area contributed by atoms with E-state index < -0.39 is 0 Å². The van der Waals surface area contributed by atoms with Gasteiger partial charge in [0.1, 0.15) is 0 Å². The number of hydrogen-bond acceptors (Lipinski definition) is 2. The van der Waals surface area contributed by atoms with E-state index in [0.29, 0.717) is 5.78 Å². The highest BCUT2D eigenvalue weighted by Crippen LogP contribution is 2.21. The van der Waals surface area contributed by atoms with Gasteiger partial charge in [-0.2, -0.15) is 0 Å². The van der Waals surface area contributed by atoms with E-state index in [-0.39, 0.29) is 0 Å². The number of ketones is 1. The number of hydrogen-bond donors (Lipinski definition) is 0. The summed E-state index contributed by atoms with van der Waals surface area (Å²) in [7, 11) is 0. The average molecular weight is 142 g/mol. The molecule has 0 N–H and O–H groups in total. The van der Waals surface area contributed by atoms with E-state index in [1.54, 1.807) is 11.8 Å². The van der Waals surface area contributed by atoms with Gasteiger partial charge in [0.15, 0.2) is 5.78 Å². The minimum atomic E-state index is 0.351. The van der Waals surface area contributed by atoms with Crippen LogP contribution < -0.4 is 0 Å². The Morgan fingerprint density at radius 1 is 1.56 bits per heavy atom. The lowest BCUT2D eigenvalue weighted by Gasteiger charge is -1.88. The molecule has 2 heteroatoms. The summed E-state index contributed by atoms with van der Waals surface area (Å²) in [5.74, 6) is 0.351. The fourth-order valence-electron chi connectivity index (χ4n) is 1.01. The second-order valence-corrected chi connectivity index (χ2v) is 2.86. The number of carbonyl (C=O) groups excluding carboxylic acids is 1. The van der Waals surface area contributed by atoms with Crippen LogP contribution in [0.5, 0.6) is 0 Å². The molecular weight excluding hydrogens is 132 g/mol. The highest BCUT2D eigenvalue weighted by Gasteiger charge is 2.15. The molecular formula is C7H10OS. The van der Waals surface area contributed by atoms with Crippen molar-refractivity contribution in [3.8, 4) is 0 Å². The standard InChI is InChI=1S/C7H10OS/c1-9-5-6-3-2-4-7(6)8/h5H,2-4H2,1H3/b6-5+. The number of rotatable bonds is 1. The van der Waals surface area contributed by atoms with E-state index in [0.717, 1.165) is 24.8 Å². The van der Waals surface area contributed by atoms with Crippen molar-refractivity contribution in [1.82, 2.24) is 0 Å². The van der Waals surface area contributed by atoms with Gasteiger partial charge in [0.05, 0.1) is 0 Å². The molecule has 50 valence electrons. The molecule has 1 aliphatic rings. The Hall–Kier alpha value is -0.240. The van der Waals surface area contributed by atoms with Crippen LogP contribution in [0.4, 0.5) is 0 Å². The number of allylic oxidation sites excluding steroid dienone is 1. The lowest BCUT2D eigenvalue weighted by Crippen LogP contribution is -1.89. The third-order valence-corrected chi connectivity index (χ3v) is 1.99. The van der Waals surface area contributed by atoms with Crippen LogP contribution in [-0.2, 0) is 4.79 Å². The van der Waals surface area contributed by atoms with Crippen LogP contribution in [0.25, 0.3) is 0 Å². The number of carbonyl (C=O) groups is 1. The zero-order chi connectivity index (χ0) is 6.69. The van der Waals surface area contributed by atoms with Gasteiger partial charge in [-0.05, 0) is 24.5 Å². The quantitative estimate of drug-likeness (QED) is 0.521. The maximum absolute atomic E-state index is 10.9. The molecule has 0 aromatic rings. The Morgan fingerprint density at radius 3 is 2.78 bits per heavy atom. The summed E-state index contributed by atoms with van der Waals surface area (Å²) in [5, 5.41) is 1.97. The molecule has 0 heterocycles. The van der Waals surface area contributed by atoms with Gasteiger partial charge in [-0.25, -0.2) is 0 Å². The third-order valence-electron chi connectivity index (χ3n) is 1.47. The summed E-state index contributed by atoms with van der Waals surface area (Å²) < 4.78 is 0. The molecule has 1 fully saturated rings. The molecule has 0 radical (unpaired) electrons. The molecule has 1 rings (SSSR count). The summed E-state index contributed by atoms with van der Waals surface area (Å²) in [6.07, 6.45) is 4.82. The Labute approximate surface area is 59.5 Å². The molecule has 0 aromatic carbocycles. The van der Waals surface area contributed by atoms with Gasteiger partial charge < -0.3 is 0 Å². The molecule has 0 atom stereocenters. The highest BCUT2D eigenvalue weighted by molar-refractivity contribution is 8.01. The van der Waals surface area contributed by atoms with Crippen LogP contribution in [0.1, 0.15) is 19.3 Å². The van der Waals surface area contributed by atoms with Crippen LogP contribution in [-0.4, -0.2) is 12.0 Å². The zero-order valence-corrected chi connectivity index (χ0v) is 6.33. The first kappa shape index (κ1) is 6.87. The van der Waals surface area contributed by atoms with Crippen LogP contribution in [0.15, 0.2) is 11.0 Å². The van der Waals surface area contributed by atoms with Crippen LogP contribution in [0, 0.1) is 0 Å². The Morgan fingerprint density at radius 2 is 2.33 bits per heavy atom. The van der Waals surface area contributed by atoms with Gasteiger partial charge in [-0.3, -0.25) is 4.79 Å². The fraction of sp³-hybridized carbons (Fsp3) is 0.571. The van der Waals surface area contributed by atoms with E-state index in [9.17, 15) is 4.79 Å². The average Bonchev–Trinajstić information content (AvgIpc) is 2.18. The fourth-order valence-corrected chi connectivity index (χ4v) is 1.54. The summed E-state index contributed by atoms with van der Waals surface area (Å²) in [4.78, 5) is 10.9. The second kappa shape index (κ2) is 3.06. The summed E-state index contributed by atoms with van der Waals surface area (Å²) in [5.41, 5.74) is 1.03. The van der Waals surface area contributed by atoms with Crippen molar-refractivity contribution >= 4 is 17.5 Å². The first-order chi connectivity index (χ1) is 4.34. The van der Waals surface area contributed by atoms with Gasteiger partial charge in [-0.1, -0.05) is 0 Å². The minimum absolute atomic E-state index is 0.351. The summed E-state index contributed by atoms with van der Waals surface area (Å²) in [6.45, 7) is 0. The van der Waals surface area contributed by atoms with Crippen LogP contribution in [0.3, 0.4) is 0 Å². The first-order valence-corrected chi connectivity index (χ1v) is 4.38. The van der Waals surface area contributed by atoms with Crippen molar-refractivity contribution in [1.29, 1.82) is 0 Å². The van der Waals surface area contributed by atoms with E-state index in [4.69, 9.17) is 0 Å². The Kier molecular flexibility index (Phi) is 2.34. The molecule has 9 heavy (non-hydrogen) atoms. The highest BCUT2D eigenvalue weighted by atomic mass is 32.2. The monoisotopic (exact) mass is 142 g/mol. The number of Topliss-reactive ketones (excluding diaryl/α,β-unsaturated/α-hetero) is 1. The van der Waals surface area contributed by atoms with Gasteiger partial charge in [0, 0.05) is 12.0 Å². The van der Waals surface area contributed by atoms with Crippen molar-refractivity contribution in [2.45, 2.75) is 19.3 Å². The van der Waals surface area contributed by atoms with Gasteiger partial charge in [-0.15, -0.1) is 11.8 Å². The molecule has 0 saturated heterocycles. The Balaban J connectivity index is 2.59. The molecule has 1 saturated carbocycles. The van der Waals surface area contributed by atoms with Gasteiger partial charge in [0.2, 0.25) is 0 Å². The van der Waals surface area contributed by atoms with Crippen molar-refractivity contribution in [2.75, 3.05) is 6.26 Å². The largest absolute Gasteiger partial charge is 0.295 e. The van der Waals surface area contributed by atoms with Crippen LogP contribution >= 0.6 is 11.8 Å². The zero-order valence-electron chi connectivity index (χ0n) is 5.52. The molecule has 0 spiro atoms. The minimum Gasteiger partial charge on any atom is -0.295 e. The van der Waals surface area contributed by atoms with E-state index in [1.165, 1.54) is 0 Å². The SMILES string of the molecule is CS/C=C1\CCCC1=O. The van der Waals surface area contributed by atoms with Crippen molar-refractivity contribution in [2.24, 2.45) is 0 Å². The van der Waals surface area contributed by atoms with E-state index in [2.05, 4.69) is 0 Å². The molecule has 0 unspecified atom stereocenters. The topological polar surface area (TPSA) is 17.1 Å². The second-order valence-electron chi connectivity index (χ2n) is 2.16. The van der Waals surface area contributed by atoms with Crippen molar-refractivity contribution in [3.63, 3.8) is 0 Å². The van der Waals surface area contributed by atoms with E-state index in [1.807, 2.05) is 11.7 Å². The molecule has 1 nitrogen and oxygen atoms in total. The Bertz CT molecular complexity index is 149. The van der Waals surface area contributed by atoms with Crippen molar-refractivity contribution in [3.05, 3.63) is 11.0 Å². The van der Waals surface area contributed by atoms with Gasteiger partial charge in [0.25, 0.3) is 0 Å². The van der Waals surface area contributed by atoms with Gasteiger partial charge >= 0.3 is 0 Å². The predicted octanol–water partition coefficient (Wildman–Crippen LogP) is 1.99. The lowest BCUT2D eigenvalue weighted by atomic mass is 10.2. The molecule has 0 aromatic heterocycles. The maximum atomic E-state index is 10.9. The molecule has 1 aliphatic carbocycles. The number of thioether (sulfide) groups is 1. The summed E-state index contributed by atoms with van der Waals surface area (Å²) >= 11 is 1.62. The first-order valence-electron chi connectivity index (χ1n) is 3.09. The van der Waals surface area contributed by atoms with Crippen molar-refractivity contribution < 1.29 is 4.79 Å². The third kappa shape index (κ3) is 1.58.